The molecule has 4 nitrogen and oxygen atoms in total. The zero-order valence-electron chi connectivity index (χ0n) is 28.6. The normalized spacial score (nSPS) is 11.5. The summed E-state index contributed by atoms with van der Waals surface area (Å²) in [5.74, 6) is 8.60. The minimum Gasteiger partial charge on any atom is -0.486 e. The van der Waals surface area contributed by atoms with E-state index >= 15 is 0 Å². The van der Waals surface area contributed by atoms with Crippen LogP contribution in [-0.2, 0) is 32.9 Å². The van der Waals surface area contributed by atoms with Crippen LogP contribution in [0.1, 0.15) is 50.1 Å². The van der Waals surface area contributed by atoms with Gasteiger partial charge in [0.25, 0.3) is 0 Å². The quantitative estimate of drug-likeness (QED) is 0.119. The third-order valence-electron chi connectivity index (χ3n) is 7.95. The Labute approximate surface area is 291 Å². The van der Waals surface area contributed by atoms with Gasteiger partial charge in [-0.1, -0.05) is 36.4 Å². The first-order valence-electron chi connectivity index (χ1n) is 16.0. The number of benzene rings is 2. The summed E-state index contributed by atoms with van der Waals surface area (Å²) in [7, 11) is 0. The number of pyridine rings is 3. The molecule has 0 saturated heterocycles. The summed E-state index contributed by atoms with van der Waals surface area (Å²) in [5.41, 5.74) is 10.4. The van der Waals surface area contributed by atoms with Crippen LogP contribution in [0, 0.1) is 37.8 Å². The average Bonchev–Trinajstić information content (AvgIpc) is 3.36. The molecule has 1 radical (unpaired) electrons. The van der Waals surface area contributed by atoms with E-state index in [0.717, 1.165) is 57.4 Å². The number of hydrogen-bond acceptors (Lipinski definition) is 4. The molecule has 0 spiro atoms. The number of rotatable bonds is 7. The van der Waals surface area contributed by atoms with E-state index in [1.54, 1.807) is 4.40 Å². The van der Waals surface area contributed by atoms with Gasteiger partial charge in [-0.15, -0.1) is 18.2 Å². The van der Waals surface area contributed by atoms with Gasteiger partial charge in [0.05, 0.1) is 5.58 Å². The molecule has 0 aliphatic carbocycles. The second-order valence-corrected chi connectivity index (χ2v) is 24.5. The smallest absolute Gasteiger partial charge is 0.216 e. The number of furan rings is 1. The molecule has 0 N–H and O–H groups in total. The van der Waals surface area contributed by atoms with Crippen LogP contribution in [0.3, 0.4) is 0 Å². The van der Waals surface area contributed by atoms with Crippen molar-refractivity contribution in [3.63, 3.8) is 0 Å². The van der Waals surface area contributed by atoms with Gasteiger partial charge in [-0.05, 0) is 49.6 Å². The predicted octanol–water partition coefficient (Wildman–Crippen LogP) is 9.95. The maximum absolute atomic E-state index is 6.09. The molecule has 4 heterocycles. The largest absolute Gasteiger partial charge is 0.486 e. The summed E-state index contributed by atoms with van der Waals surface area (Å²) in [5, 5.41) is 2.09. The zero-order valence-corrected chi connectivity index (χ0v) is 33.1. The monoisotopic (exact) mass is 850 g/mol. The Balaban J connectivity index is 0.000000210. The molecule has 0 unspecified atom stereocenters. The number of aromatic nitrogens is 3. The van der Waals surface area contributed by atoms with Crippen LogP contribution >= 0.6 is 0 Å². The van der Waals surface area contributed by atoms with E-state index in [0.29, 0.717) is 17.5 Å². The molecule has 0 atom stereocenters. The van der Waals surface area contributed by atoms with Crippen molar-refractivity contribution in [1.29, 1.82) is 0 Å². The van der Waals surface area contributed by atoms with Crippen LogP contribution in [0.5, 0.6) is 0 Å². The van der Waals surface area contributed by atoms with Crippen LogP contribution in [0.4, 0.5) is 0 Å². The molecule has 46 heavy (non-hydrogen) atoms. The molecule has 241 valence electrons. The topological polar surface area (TPSA) is 51.8 Å². The van der Waals surface area contributed by atoms with Crippen molar-refractivity contribution in [3.05, 3.63) is 108 Å². The second kappa shape index (κ2) is 15.2. The van der Waals surface area contributed by atoms with E-state index in [1.807, 2.05) is 49.5 Å². The van der Waals surface area contributed by atoms with Gasteiger partial charge in [0.2, 0.25) is 5.71 Å². The molecule has 0 fully saturated rings. The number of nitrogens with zero attached hydrogens (tertiary/aromatic N) is 3. The fourth-order valence-electron chi connectivity index (χ4n) is 5.75. The summed E-state index contributed by atoms with van der Waals surface area (Å²) in [6.07, 6.45) is 6.26. The Morgan fingerprint density at radius 1 is 0.761 bits per heavy atom. The van der Waals surface area contributed by atoms with Crippen LogP contribution in [0.25, 0.3) is 44.6 Å². The molecule has 0 aliphatic heterocycles. The van der Waals surface area contributed by atoms with Crippen molar-refractivity contribution < 1.29 is 24.5 Å². The van der Waals surface area contributed by atoms with E-state index < -0.39 is 13.3 Å². The summed E-state index contributed by atoms with van der Waals surface area (Å²) in [6.45, 7) is 13.1. The number of hydrogen-bond donors (Lipinski definition) is 0. The number of fused-ring (bicyclic) bond motifs is 3. The number of aryl methyl sites for hydroxylation is 2. The van der Waals surface area contributed by atoms with Gasteiger partial charge < -0.3 is 9.40 Å². The molecule has 6 rings (SSSR count). The Bertz CT molecular complexity index is 1920. The molecular weight excluding hydrogens is 803 g/mol. The summed E-state index contributed by atoms with van der Waals surface area (Å²) in [6, 6.07) is 27.2. The third-order valence-corrected chi connectivity index (χ3v) is 12.3. The molecule has 0 amide bonds. The van der Waals surface area contributed by atoms with E-state index in [-0.39, 0.29) is 20.1 Å². The van der Waals surface area contributed by atoms with Crippen molar-refractivity contribution in [1.82, 2.24) is 15.0 Å². The molecule has 0 bridgehead atoms. The fraction of sp³-hybridized carbons (Fsp3) is 0.325. The summed E-state index contributed by atoms with van der Waals surface area (Å²) < 4.78 is 7.63. The molecule has 6 heteroatoms. The van der Waals surface area contributed by atoms with E-state index in [1.165, 1.54) is 16.7 Å². The summed E-state index contributed by atoms with van der Waals surface area (Å²) >= 11 is -1.86. The molecule has 2 aromatic carbocycles. The maximum atomic E-state index is 6.09. The first kappa shape index (κ1) is 35.7. The SMILES string of the molecule is CC(C)Cc1cc(-c2[c-]cccc2)nc[c]1[Ge]([CH3])([CH3])[CH3].Cc1ccc2c(n1)oc1c(-c3cc(CC(C)C)c(C)cn3)[c-]ccc12.[Ir]. The second-order valence-electron chi connectivity index (χ2n) is 13.9. The van der Waals surface area contributed by atoms with Crippen molar-refractivity contribution in [2.75, 3.05) is 0 Å². The van der Waals surface area contributed by atoms with Gasteiger partial charge in [-0.25, -0.2) is 4.98 Å². The Hall–Kier alpha value is -3.12. The standard InChI is InChI=1S/C22H21N2O.C18H24GeN.Ir/c1-13(2)10-16-11-20(23-12-14(16)3)19-7-5-6-17-18-9-8-15(4)24-22(18)25-21(17)19;1-14(2)11-16-12-18(15-9-7-6-8-10-15)20-13-17(16)19(3,4)5;/h5-6,8-9,11-13H,10H2,1-4H3;6-9,12-14H,11H2,1-5H3;/q2*-1;. The third kappa shape index (κ3) is 8.42. The summed E-state index contributed by atoms with van der Waals surface area (Å²) in [4.78, 5) is 13.9. The average molecular weight is 849 g/mol. The molecular formula is C40H45GeIrN3O-2. The molecule has 4 aromatic heterocycles. The molecule has 0 aliphatic rings. The van der Waals surface area contributed by atoms with Gasteiger partial charge in [0, 0.05) is 37.4 Å². The van der Waals surface area contributed by atoms with Gasteiger partial charge in [0.1, 0.15) is 0 Å². The van der Waals surface area contributed by atoms with E-state index in [9.17, 15) is 0 Å². The fourth-order valence-corrected chi connectivity index (χ4v) is 9.08. The van der Waals surface area contributed by atoms with Crippen molar-refractivity contribution in [2.24, 2.45) is 11.8 Å². The van der Waals surface area contributed by atoms with Crippen LogP contribution in [-0.4, -0.2) is 28.2 Å². The first-order valence-corrected chi connectivity index (χ1v) is 23.4. The Morgan fingerprint density at radius 3 is 2.13 bits per heavy atom. The predicted molar refractivity (Wildman–Crippen MR) is 192 cm³/mol. The minimum absolute atomic E-state index is 0. The van der Waals surface area contributed by atoms with Crippen LogP contribution in [0.2, 0.25) is 17.3 Å². The van der Waals surface area contributed by atoms with Crippen LogP contribution in [0.15, 0.2) is 77.5 Å². The first-order chi connectivity index (χ1) is 21.4. The minimum atomic E-state index is -1.86. The van der Waals surface area contributed by atoms with Crippen molar-refractivity contribution in [2.45, 2.75) is 71.7 Å². The van der Waals surface area contributed by atoms with Gasteiger partial charge in [-0.3, -0.25) is 0 Å². The van der Waals surface area contributed by atoms with Gasteiger partial charge >= 0.3 is 126 Å². The van der Waals surface area contributed by atoms with E-state index in [4.69, 9.17) is 9.40 Å². The van der Waals surface area contributed by atoms with Gasteiger partial charge in [0.15, 0.2) is 0 Å². The Kier molecular flexibility index (Phi) is 11.8. The van der Waals surface area contributed by atoms with Crippen molar-refractivity contribution in [3.8, 4) is 22.5 Å². The Morgan fingerprint density at radius 2 is 1.46 bits per heavy atom. The van der Waals surface area contributed by atoms with Gasteiger partial charge in [-0.2, -0.15) is 0 Å². The maximum Gasteiger partial charge on any atom is 0.216 e. The molecule has 0 saturated carbocycles. The van der Waals surface area contributed by atoms with E-state index in [2.05, 4.69) is 104 Å². The molecule has 6 aromatic rings. The van der Waals surface area contributed by atoms with Crippen LogP contribution < -0.4 is 4.40 Å². The zero-order chi connectivity index (χ0) is 32.3. The van der Waals surface area contributed by atoms with Crippen molar-refractivity contribution >= 4 is 39.7 Å².